The second-order valence-electron chi connectivity index (χ2n) is 10.6. The molecule has 33 heavy (non-hydrogen) atoms. The van der Waals surface area contributed by atoms with E-state index in [4.69, 9.17) is 5.73 Å². The van der Waals surface area contributed by atoms with Gasteiger partial charge in [0.1, 0.15) is 0 Å². The zero-order valence-electron chi connectivity index (χ0n) is 21.3. The molecule has 2 N–H and O–H groups in total. The van der Waals surface area contributed by atoms with Gasteiger partial charge < -0.3 is 15.2 Å². The molecule has 4 rings (SSSR count). The molecular formula is C29H43N3O. The third kappa shape index (κ3) is 5.00. The minimum atomic E-state index is 0.182. The maximum atomic E-state index is 13.7. The van der Waals surface area contributed by atoms with Crippen molar-refractivity contribution in [1.82, 2.24) is 9.47 Å². The number of nitrogens with zero attached hydrogens (tertiary/aromatic N) is 2. The third-order valence-electron chi connectivity index (χ3n) is 8.35. The number of rotatable bonds is 6. The van der Waals surface area contributed by atoms with Gasteiger partial charge in [-0.1, -0.05) is 51.5 Å². The molecule has 0 atom stereocenters. The van der Waals surface area contributed by atoms with E-state index in [9.17, 15) is 4.79 Å². The Labute approximate surface area is 200 Å². The fraction of sp³-hybridized carbons (Fsp3) is 0.621. The Morgan fingerprint density at radius 3 is 2.27 bits per heavy atom. The van der Waals surface area contributed by atoms with Gasteiger partial charge in [0.2, 0.25) is 0 Å². The van der Waals surface area contributed by atoms with E-state index in [1.807, 2.05) is 11.9 Å². The lowest BCUT2D eigenvalue weighted by Gasteiger charge is -2.31. The summed E-state index contributed by atoms with van der Waals surface area (Å²) in [4.78, 5) is 15.7. The second-order valence-corrected chi connectivity index (χ2v) is 10.6. The van der Waals surface area contributed by atoms with E-state index in [0.717, 1.165) is 48.3 Å². The van der Waals surface area contributed by atoms with Crippen LogP contribution in [0.15, 0.2) is 18.2 Å². The van der Waals surface area contributed by atoms with E-state index in [1.54, 1.807) is 0 Å². The van der Waals surface area contributed by atoms with Crippen LogP contribution in [0.1, 0.15) is 98.3 Å². The Morgan fingerprint density at radius 1 is 1.00 bits per heavy atom. The Bertz CT molecular complexity index is 977. The normalized spacial score (nSPS) is 17.9. The summed E-state index contributed by atoms with van der Waals surface area (Å²) in [6.45, 7) is 7.44. The van der Waals surface area contributed by atoms with Gasteiger partial charge in [-0.15, -0.1) is 0 Å². The van der Waals surface area contributed by atoms with Crippen molar-refractivity contribution in [3.63, 3.8) is 0 Å². The molecule has 1 aromatic carbocycles. The topological polar surface area (TPSA) is 51.3 Å². The highest BCUT2D eigenvalue weighted by Gasteiger charge is 2.28. The average molecular weight is 450 g/mol. The zero-order valence-corrected chi connectivity index (χ0v) is 21.3. The monoisotopic (exact) mass is 449 g/mol. The molecule has 180 valence electrons. The van der Waals surface area contributed by atoms with Gasteiger partial charge in [0.25, 0.3) is 5.91 Å². The smallest absolute Gasteiger partial charge is 0.255 e. The van der Waals surface area contributed by atoms with Crippen molar-refractivity contribution in [3.8, 4) is 11.3 Å². The number of carbonyl (C=O) groups is 1. The first-order chi connectivity index (χ1) is 15.9. The van der Waals surface area contributed by atoms with Gasteiger partial charge in [-0.25, -0.2) is 0 Å². The predicted octanol–water partition coefficient (Wildman–Crippen LogP) is 6.90. The maximum Gasteiger partial charge on any atom is 0.255 e. The molecule has 1 aromatic heterocycles. The van der Waals surface area contributed by atoms with E-state index in [1.165, 1.54) is 68.2 Å². The van der Waals surface area contributed by atoms with Crippen LogP contribution in [0.25, 0.3) is 11.3 Å². The number of amides is 1. The highest BCUT2D eigenvalue weighted by atomic mass is 16.2. The summed E-state index contributed by atoms with van der Waals surface area (Å²) < 4.78 is 2.45. The van der Waals surface area contributed by atoms with Gasteiger partial charge in [-0.05, 0) is 75.1 Å². The summed E-state index contributed by atoms with van der Waals surface area (Å²) >= 11 is 0. The first kappa shape index (κ1) is 23.9. The van der Waals surface area contributed by atoms with Gasteiger partial charge in [0.15, 0.2) is 0 Å². The minimum Gasteiger partial charge on any atom is -0.398 e. The lowest BCUT2D eigenvalue weighted by Crippen LogP contribution is -2.38. The third-order valence-corrected chi connectivity index (χ3v) is 8.35. The number of hydrogen-bond donors (Lipinski definition) is 1. The van der Waals surface area contributed by atoms with Gasteiger partial charge in [-0.3, -0.25) is 4.79 Å². The quantitative estimate of drug-likeness (QED) is 0.488. The number of aryl methyl sites for hydroxylation is 2. The first-order valence-corrected chi connectivity index (χ1v) is 13.3. The van der Waals surface area contributed by atoms with Gasteiger partial charge in [0.05, 0.1) is 5.56 Å². The standard InChI is InChI=1S/C29H43N3O/c1-5-23-16-20(2)27(30)17-26(23)28-18-25(29(33)31(4)24-14-10-7-11-15-24)21(3)32(28)19-22-12-8-6-9-13-22/h16-18,22,24H,5-15,19,30H2,1-4H3. The summed E-state index contributed by atoms with van der Waals surface area (Å²) in [6.07, 6.45) is 13.6. The summed E-state index contributed by atoms with van der Waals surface area (Å²) in [7, 11) is 2.01. The van der Waals surface area contributed by atoms with Gasteiger partial charge >= 0.3 is 0 Å². The number of carbonyl (C=O) groups excluding carboxylic acids is 1. The maximum absolute atomic E-state index is 13.7. The Morgan fingerprint density at radius 2 is 1.64 bits per heavy atom. The zero-order chi connectivity index (χ0) is 23.5. The highest BCUT2D eigenvalue weighted by molar-refractivity contribution is 5.97. The number of anilines is 1. The van der Waals surface area contributed by atoms with Crippen molar-refractivity contribution < 1.29 is 4.79 Å². The van der Waals surface area contributed by atoms with Crippen LogP contribution in [0.2, 0.25) is 0 Å². The number of benzene rings is 1. The highest BCUT2D eigenvalue weighted by Crippen LogP contribution is 2.35. The van der Waals surface area contributed by atoms with E-state index in [2.05, 4.69) is 43.5 Å². The molecule has 2 aliphatic carbocycles. The molecule has 1 heterocycles. The second kappa shape index (κ2) is 10.4. The van der Waals surface area contributed by atoms with Crippen molar-refractivity contribution in [3.05, 3.63) is 40.6 Å². The number of nitrogens with two attached hydrogens (primary N) is 1. The number of hydrogen-bond acceptors (Lipinski definition) is 2. The van der Waals surface area contributed by atoms with Gasteiger partial charge in [0, 0.05) is 42.3 Å². The molecule has 2 fully saturated rings. The van der Waals surface area contributed by atoms with E-state index >= 15 is 0 Å². The van der Waals surface area contributed by atoms with Crippen LogP contribution in [-0.4, -0.2) is 28.5 Å². The van der Waals surface area contributed by atoms with Crippen LogP contribution in [-0.2, 0) is 13.0 Å². The molecule has 0 spiro atoms. The molecule has 2 saturated carbocycles. The van der Waals surface area contributed by atoms with Crippen LogP contribution in [0.4, 0.5) is 5.69 Å². The van der Waals surface area contributed by atoms with Crippen LogP contribution in [0.5, 0.6) is 0 Å². The van der Waals surface area contributed by atoms with E-state index in [0.29, 0.717) is 12.0 Å². The lowest BCUT2D eigenvalue weighted by atomic mass is 9.89. The first-order valence-electron chi connectivity index (χ1n) is 13.3. The Kier molecular flexibility index (Phi) is 7.51. The molecule has 2 aliphatic rings. The number of aromatic nitrogens is 1. The largest absolute Gasteiger partial charge is 0.398 e. The van der Waals surface area contributed by atoms with Crippen molar-refractivity contribution in [2.24, 2.45) is 5.92 Å². The van der Waals surface area contributed by atoms with Crippen LogP contribution in [0.3, 0.4) is 0 Å². The minimum absolute atomic E-state index is 0.182. The van der Waals surface area contributed by atoms with Crippen molar-refractivity contribution >= 4 is 11.6 Å². The Hall–Kier alpha value is -2.23. The average Bonchev–Trinajstić information content (AvgIpc) is 3.16. The summed E-state index contributed by atoms with van der Waals surface area (Å²) in [5.41, 5.74) is 14.0. The SMILES string of the molecule is CCc1cc(C)c(N)cc1-c1cc(C(=O)N(C)C2CCCCC2)c(C)n1CC1CCCCC1. The molecule has 4 heteroatoms. The molecule has 2 aromatic rings. The molecule has 0 radical (unpaired) electrons. The summed E-state index contributed by atoms with van der Waals surface area (Å²) in [5.74, 6) is 0.872. The van der Waals surface area contributed by atoms with Gasteiger partial charge in [-0.2, -0.15) is 0 Å². The molecule has 0 aliphatic heterocycles. The lowest BCUT2D eigenvalue weighted by molar-refractivity contribution is 0.0695. The van der Waals surface area contributed by atoms with Crippen molar-refractivity contribution in [2.45, 2.75) is 104 Å². The van der Waals surface area contributed by atoms with E-state index < -0.39 is 0 Å². The molecule has 1 amide bonds. The summed E-state index contributed by atoms with van der Waals surface area (Å²) in [5, 5.41) is 0. The van der Waals surface area contributed by atoms with Crippen molar-refractivity contribution in [1.29, 1.82) is 0 Å². The predicted molar refractivity (Wildman–Crippen MR) is 139 cm³/mol. The molecule has 4 nitrogen and oxygen atoms in total. The molecule has 0 unspecified atom stereocenters. The summed E-state index contributed by atoms with van der Waals surface area (Å²) in [6, 6.07) is 6.91. The van der Waals surface area contributed by atoms with Crippen LogP contribution in [0, 0.1) is 19.8 Å². The fourth-order valence-corrected chi connectivity index (χ4v) is 6.09. The van der Waals surface area contributed by atoms with Crippen LogP contribution >= 0.6 is 0 Å². The van der Waals surface area contributed by atoms with Crippen molar-refractivity contribution in [2.75, 3.05) is 12.8 Å². The van der Waals surface area contributed by atoms with Crippen LogP contribution < -0.4 is 5.73 Å². The van der Waals surface area contributed by atoms with E-state index in [-0.39, 0.29) is 5.91 Å². The Balaban J connectivity index is 1.76. The number of nitrogen functional groups attached to an aromatic ring is 1. The fourth-order valence-electron chi connectivity index (χ4n) is 6.09. The molecular weight excluding hydrogens is 406 g/mol. The molecule has 0 saturated heterocycles. The molecule has 0 bridgehead atoms.